The molecule has 3 aromatic carbocycles. The number of hydrogen-bond donors (Lipinski definition) is 2. The lowest BCUT2D eigenvalue weighted by Gasteiger charge is -2.15. The van der Waals surface area contributed by atoms with Crippen LogP contribution in [0.3, 0.4) is 0 Å². The lowest BCUT2D eigenvalue weighted by molar-refractivity contribution is -0.122. The molecule has 0 aliphatic rings. The Labute approximate surface area is 170 Å². The van der Waals surface area contributed by atoms with Crippen molar-refractivity contribution >= 4 is 27.3 Å². The van der Waals surface area contributed by atoms with Crippen molar-refractivity contribution < 1.29 is 17.9 Å². The molecule has 3 aromatic rings. The molecule has 0 saturated carbocycles. The standard InChI is InChI=1S/C22H22N2O4S/c1-16-8-10-19(11-9-16)24-29(26,27)21-14-12-18(13-15-21)23-22(25)17(2)28-20-6-4-3-5-7-20/h3-15,17,24H,1-2H3,(H,23,25)/t17-/m1/s1. The summed E-state index contributed by atoms with van der Waals surface area (Å²) in [5.74, 6) is 0.265. The fraction of sp³-hybridized carbons (Fsp3) is 0.136. The molecule has 29 heavy (non-hydrogen) atoms. The molecule has 0 aliphatic heterocycles. The van der Waals surface area contributed by atoms with Crippen LogP contribution in [0.25, 0.3) is 0 Å². The summed E-state index contributed by atoms with van der Waals surface area (Å²) in [6, 6.07) is 22.1. The Bertz CT molecular complexity index is 1060. The second-order valence-electron chi connectivity index (χ2n) is 6.56. The molecule has 0 spiro atoms. The van der Waals surface area contributed by atoms with Gasteiger partial charge in [-0.25, -0.2) is 8.42 Å². The Kier molecular flexibility index (Phi) is 6.19. The van der Waals surface area contributed by atoms with E-state index in [1.54, 1.807) is 31.2 Å². The normalized spacial score (nSPS) is 12.1. The third kappa shape index (κ3) is 5.58. The van der Waals surface area contributed by atoms with Crippen molar-refractivity contribution in [3.8, 4) is 5.75 Å². The molecule has 0 saturated heterocycles. The molecule has 150 valence electrons. The Balaban J connectivity index is 1.63. The highest BCUT2D eigenvalue weighted by molar-refractivity contribution is 7.92. The zero-order chi connectivity index (χ0) is 20.9. The van der Waals surface area contributed by atoms with Crippen LogP contribution in [0.4, 0.5) is 11.4 Å². The number of rotatable bonds is 7. The highest BCUT2D eigenvalue weighted by Crippen LogP contribution is 2.19. The van der Waals surface area contributed by atoms with Crippen LogP contribution in [0.5, 0.6) is 5.75 Å². The first-order valence-corrected chi connectivity index (χ1v) is 10.5. The molecule has 7 heteroatoms. The van der Waals surface area contributed by atoms with E-state index in [1.807, 2.05) is 37.3 Å². The van der Waals surface area contributed by atoms with E-state index in [9.17, 15) is 13.2 Å². The van der Waals surface area contributed by atoms with Gasteiger partial charge in [0.25, 0.3) is 15.9 Å². The van der Waals surface area contributed by atoms with E-state index in [-0.39, 0.29) is 10.8 Å². The molecular formula is C22H22N2O4S. The van der Waals surface area contributed by atoms with Crippen LogP contribution in [0.15, 0.2) is 83.8 Å². The monoisotopic (exact) mass is 410 g/mol. The lowest BCUT2D eigenvalue weighted by Crippen LogP contribution is -2.30. The van der Waals surface area contributed by atoms with Crippen molar-refractivity contribution in [1.82, 2.24) is 0 Å². The first kappa shape index (κ1) is 20.4. The predicted molar refractivity (Wildman–Crippen MR) is 114 cm³/mol. The predicted octanol–water partition coefficient (Wildman–Crippen LogP) is 4.20. The number of hydrogen-bond acceptors (Lipinski definition) is 4. The molecule has 0 fully saturated rings. The molecule has 3 rings (SSSR count). The topological polar surface area (TPSA) is 84.5 Å². The number of anilines is 2. The van der Waals surface area contributed by atoms with E-state index in [0.29, 0.717) is 17.1 Å². The maximum atomic E-state index is 12.5. The van der Waals surface area contributed by atoms with Gasteiger partial charge in [-0.15, -0.1) is 0 Å². The van der Waals surface area contributed by atoms with Crippen LogP contribution in [-0.4, -0.2) is 20.4 Å². The molecule has 0 heterocycles. The first-order chi connectivity index (χ1) is 13.8. The molecule has 2 N–H and O–H groups in total. The highest BCUT2D eigenvalue weighted by atomic mass is 32.2. The van der Waals surface area contributed by atoms with Crippen molar-refractivity contribution in [1.29, 1.82) is 0 Å². The summed E-state index contributed by atoms with van der Waals surface area (Å²) in [5.41, 5.74) is 2.01. The molecule has 6 nitrogen and oxygen atoms in total. The third-order valence-corrected chi connectivity index (χ3v) is 5.56. The van der Waals surface area contributed by atoms with E-state index in [1.165, 1.54) is 24.3 Å². The van der Waals surface area contributed by atoms with Gasteiger partial charge in [0.1, 0.15) is 5.75 Å². The maximum absolute atomic E-state index is 12.5. The van der Waals surface area contributed by atoms with Gasteiger partial charge in [0.2, 0.25) is 0 Å². The van der Waals surface area contributed by atoms with Gasteiger partial charge < -0.3 is 10.1 Å². The Hall–Kier alpha value is -3.32. The van der Waals surface area contributed by atoms with Gasteiger partial charge in [0, 0.05) is 11.4 Å². The maximum Gasteiger partial charge on any atom is 0.265 e. The van der Waals surface area contributed by atoms with Crippen LogP contribution in [0.1, 0.15) is 12.5 Å². The number of para-hydroxylation sites is 1. The number of carbonyl (C=O) groups excluding carboxylic acids is 1. The molecule has 0 unspecified atom stereocenters. The molecule has 1 atom stereocenters. The van der Waals surface area contributed by atoms with Crippen molar-refractivity contribution in [2.24, 2.45) is 0 Å². The summed E-state index contributed by atoms with van der Waals surface area (Å²) in [4.78, 5) is 12.4. The Morgan fingerprint density at radius 2 is 1.45 bits per heavy atom. The van der Waals surface area contributed by atoms with Gasteiger partial charge in [-0.3, -0.25) is 9.52 Å². The van der Waals surface area contributed by atoms with Gasteiger partial charge >= 0.3 is 0 Å². The molecule has 0 bridgehead atoms. The summed E-state index contributed by atoms with van der Waals surface area (Å²) >= 11 is 0. The second kappa shape index (κ2) is 8.79. The second-order valence-corrected chi connectivity index (χ2v) is 8.24. The van der Waals surface area contributed by atoms with Gasteiger partial charge in [0.15, 0.2) is 6.10 Å². The summed E-state index contributed by atoms with van der Waals surface area (Å²) < 4.78 is 33.1. The largest absolute Gasteiger partial charge is 0.481 e. The summed E-state index contributed by atoms with van der Waals surface area (Å²) in [5, 5.41) is 2.72. The van der Waals surface area contributed by atoms with E-state index in [4.69, 9.17) is 4.74 Å². The van der Waals surface area contributed by atoms with Crippen LogP contribution in [0, 0.1) is 6.92 Å². The summed E-state index contributed by atoms with van der Waals surface area (Å²) in [6.45, 7) is 3.57. The van der Waals surface area contributed by atoms with E-state index < -0.39 is 16.1 Å². The minimum atomic E-state index is -3.72. The summed E-state index contributed by atoms with van der Waals surface area (Å²) in [6.07, 6.45) is -0.705. The molecule has 1 amide bonds. The molecule has 0 radical (unpaired) electrons. The van der Waals surface area contributed by atoms with E-state index in [0.717, 1.165) is 5.56 Å². The minimum Gasteiger partial charge on any atom is -0.481 e. The van der Waals surface area contributed by atoms with Crippen molar-refractivity contribution in [2.45, 2.75) is 24.8 Å². The van der Waals surface area contributed by atoms with Gasteiger partial charge in [0.05, 0.1) is 4.90 Å². The van der Waals surface area contributed by atoms with E-state index >= 15 is 0 Å². The molecule has 0 aromatic heterocycles. The number of carbonyl (C=O) groups is 1. The van der Waals surface area contributed by atoms with Gasteiger partial charge in [-0.05, 0) is 62.4 Å². The van der Waals surface area contributed by atoms with Crippen LogP contribution >= 0.6 is 0 Å². The Morgan fingerprint density at radius 1 is 0.862 bits per heavy atom. The zero-order valence-corrected chi connectivity index (χ0v) is 16.9. The number of ether oxygens (including phenoxy) is 1. The average Bonchev–Trinajstić information content (AvgIpc) is 2.71. The van der Waals surface area contributed by atoms with Crippen molar-refractivity contribution in [2.75, 3.05) is 10.0 Å². The number of aryl methyl sites for hydroxylation is 1. The van der Waals surface area contributed by atoms with Crippen LogP contribution < -0.4 is 14.8 Å². The van der Waals surface area contributed by atoms with E-state index in [2.05, 4.69) is 10.0 Å². The fourth-order valence-corrected chi connectivity index (χ4v) is 3.61. The molecular weight excluding hydrogens is 388 g/mol. The number of sulfonamides is 1. The molecule has 0 aliphatic carbocycles. The first-order valence-electron chi connectivity index (χ1n) is 9.05. The third-order valence-electron chi connectivity index (χ3n) is 4.16. The Morgan fingerprint density at radius 3 is 2.07 bits per heavy atom. The number of benzene rings is 3. The quantitative estimate of drug-likeness (QED) is 0.611. The SMILES string of the molecule is Cc1ccc(NS(=O)(=O)c2ccc(NC(=O)[C@@H](C)Oc3ccccc3)cc2)cc1. The fourth-order valence-electron chi connectivity index (χ4n) is 2.55. The van der Waals surface area contributed by atoms with Crippen LogP contribution in [0.2, 0.25) is 0 Å². The van der Waals surface area contributed by atoms with Gasteiger partial charge in [-0.1, -0.05) is 35.9 Å². The van der Waals surface area contributed by atoms with Crippen molar-refractivity contribution in [3.63, 3.8) is 0 Å². The number of nitrogens with one attached hydrogen (secondary N) is 2. The smallest absolute Gasteiger partial charge is 0.265 e. The van der Waals surface area contributed by atoms with Gasteiger partial charge in [-0.2, -0.15) is 0 Å². The lowest BCUT2D eigenvalue weighted by atomic mass is 10.2. The number of amides is 1. The minimum absolute atomic E-state index is 0.102. The highest BCUT2D eigenvalue weighted by Gasteiger charge is 2.17. The average molecular weight is 410 g/mol. The van der Waals surface area contributed by atoms with Crippen LogP contribution in [-0.2, 0) is 14.8 Å². The summed E-state index contributed by atoms with van der Waals surface area (Å²) in [7, 11) is -3.72. The van der Waals surface area contributed by atoms with Crippen molar-refractivity contribution in [3.05, 3.63) is 84.4 Å². The zero-order valence-electron chi connectivity index (χ0n) is 16.1.